The first-order chi connectivity index (χ1) is 6.91. The van der Waals surface area contributed by atoms with Crippen molar-refractivity contribution < 1.29 is 10.2 Å². The minimum atomic E-state index is -1.72. The van der Waals surface area contributed by atoms with Gasteiger partial charge in [0.25, 0.3) is 0 Å². The molecule has 0 aliphatic heterocycles. The fourth-order valence-electron chi connectivity index (χ4n) is 1.62. The van der Waals surface area contributed by atoms with Gasteiger partial charge in [-0.05, 0) is 0 Å². The van der Waals surface area contributed by atoms with Crippen molar-refractivity contribution in [2.45, 2.75) is 49.7 Å². The van der Waals surface area contributed by atoms with Crippen molar-refractivity contribution in [3.05, 3.63) is 24.3 Å². The maximum Gasteiger partial charge on any atom is 0.0920 e. The van der Waals surface area contributed by atoms with E-state index < -0.39 is 26.6 Å². The van der Waals surface area contributed by atoms with Gasteiger partial charge < -0.3 is 10.2 Å². The van der Waals surface area contributed by atoms with Gasteiger partial charge in [-0.1, -0.05) is 63.6 Å². The van der Waals surface area contributed by atoms with Crippen LogP contribution in [0, 0.1) is 0 Å². The quantitative estimate of drug-likeness (QED) is 0.588. The molecule has 0 aromatic rings. The summed E-state index contributed by atoms with van der Waals surface area (Å²) in [5.41, 5.74) is 0. The van der Waals surface area contributed by atoms with Crippen LogP contribution in [-0.2, 0) is 0 Å². The predicted molar refractivity (Wildman–Crippen MR) is 74.9 cm³/mol. The second-order valence-electron chi connectivity index (χ2n) is 6.82. The molecule has 0 spiro atoms. The standard InChI is InChI=1S/C12H24O2Si2/c1-15(2,3)11(13)7-9-12(14,10-8-11)16(4,5)6/h7-10,13-14H,1-6H3. The summed E-state index contributed by atoms with van der Waals surface area (Å²) in [4.78, 5) is 0. The summed E-state index contributed by atoms with van der Waals surface area (Å²) >= 11 is 0. The van der Waals surface area contributed by atoms with Gasteiger partial charge in [-0.3, -0.25) is 0 Å². The zero-order valence-electron chi connectivity index (χ0n) is 11.2. The van der Waals surface area contributed by atoms with Crippen LogP contribution in [0.1, 0.15) is 0 Å². The fraction of sp³-hybridized carbons (Fsp3) is 0.667. The Bertz CT molecular complexity index is 286. The van der Waals surface area contributed by atoms with Crippen molar-refractivity contribution in [2.75, 3.05) is 0 Å². The van der Waals surface area contributed by atoms with Crippen LogP contribution in [0.15, 0.2) is 24.3 Å². The highest BCUT2D eigenvalue weighted by Crippen LogP contribution is 2.33. The van der Waals surface area contributed by atoms with E-state index in [1.165, 1.54) is 0 Å². The Balaban J connectivity index is 3.06. The molecular weight excluding hydrogens is 232 g/mol. The second kappa shape index (κ2) is 3.66. The molecule has 92 valence electrons. The largest absolute Gasteiger partial charge is 0.385 e. The van der Waals surface area contributed by atoms with E-state index in [1.807, 2.05) is 0 Å². The highest BCUT2D eigenvalue weighted by Gasteiger charge is 2.45. The molecule has 0 saturated carbocycles. The lowest BCUT2D eigenvalue weighted by molar-refractivity contribution is 0.183. The second-order valence-corrected chi connectivity index (χ2v) is 17.4. The van der Waals surface area contributed by atoms with Crippen molar-refractivity contribution in [1.29, 1.82) is 0 Å². The number of hydrogen-bond acceptors (Lipinski definition) is 2. The van der Waals surface area contributed by atoms with Crippen molar-refractivity contribution in [3.63, 3.8) is 0 Å². The SMILES string of the molecule is C[Si](C)(C)C1(O)C=CC(O)([Si](C)(C)C)C=C1. The Morgan fingerprint density at radius 3 is 0.938 bits per heavy atom. The van der Waals surface area contributed by atoms with E-state index in [-0.39, 0.29) is 0 Å². The molecular formula is C12H24O2Si2. The summed E-state index contributed by atoms with van der Waals surface area (Å²) in [6.07, 6.45) is 7.21. The Hall–Kier alpha value is -0.166. The molecule has 4 heteroatoms. The van der Waals surface area contributed by atoms with Crippen LogP contribution < -0.4 is 0 Å². The zero-order chi connectivity index (χ0) is 12.8. The molecule has 1 aliphatic rings. The van der Waals surface area contributed by atoms with Crippen molar-refractivity contribution in [3.8, 4) is 0 Å². The third-order valence-electron chi connectivity index (χ3n) is 3.59. The number of aliphatic hydroxyl groups is 2. The van der Waals surface area contributed by atoms with E-state index in [0.29, 0.717) is 0 Å². The monoisotopic (exact) mass is 256 g/mol. The number of rotatable bonds is 2. The van der Waals surface area contributed by atoms with E-state index >= 15 is 0 Å². The molecule has 0 heterocycles. The van der Waals surface area contributed by atoms with E-state index in [0.717, 1.165) is 0 Å². The third-order valence-corrected chi connectivity index (χ3v) is 9.06. The van der Waals surface area contributed by atoms with Crippen LogP contribution in [0.2, 0.25) is 39.3 Å². The van der Waals surface area contributed by atoms with Gasteiger partial charge in [-0.15, -0.1) is 0 Å². The number of hydrogen-bond donors (Lipinski definition) is 2. The van der Waals surface area contributed by atoms with Gasteiger partial charge in [-0.2, -0.15) is 0 Å². The van der Waals surface area contributed by atoms with E-state index in [9.17, 15) is 10.2 Å². The molecule has 0 atom stereocenters. The minimum absolute atomic E-state index is 0.821. The topological polar surface area (TPSA) is 40.5 Å². The summed E-state index contributed by atoms with van der Waals surface area (Å²) in [6.45, 7) is 12.8. The average molecular weight is 256 g/mol. The summed E-state index contributed by atoms with van der Waals surface area (Å²) < 4.78 is 0. The van der Waals surface area contributed by atoms with Crippen LogP contribution in [0.4, 0.5) is 0 Å². The van der Waals surface area contributed by atoms with Gasteiger partial charge in [0.2, 0.25) is 0 Å². The third kappa shape index (κ3) is 2.25. The van der Waals surface area contributed by atoms with E-state index in [4.69, 9.17) is 0 Å². The molecule has 2 N–H and O–H groups in total. The molecule has 1 aliphatic carbocycles. The summed E-state index contributed by atoms with van der Waals surface area (Å²) in [5.74, 6) is 0. The molecule has 0 radical (unpaired) electrons. The Morgan fingerprint density at radius 1 is 0.625 bits per heavy atom. The highest BCUT2D eigenvalue weighted by molar-refractivity contribution is 6.81. The van der Waals surface area contributed by atoms with Gasteiger partial charge in [0.1, 0.15) is 0 Å². The first kappa shape index (κ1) is 13.9. The Labute approximate surface area is 101 Å². The molecule has 0 fully saturated rings. The predicted octanol–water partition coefficient (Wildman–Crippen LogP) is 2.33. The van der Waals surface area contributed by atoms with Crippen molar-refractivity contribution in [2.24, 2.45) is 0 Å². The van der Waals surface area contributed by atoms with Gasteiger partial charge in [0.05, 0.1) is 26.6 Å². The molecule has 2 nitrogen and oxygen atoms in total. The molecule has 0 unspecified atom stereocenters. The fourth-order valence-corrected chi connectivity index (χ4v) is 3.95. The molecule has 0 bridgehead atoms. The molecule has 1 rings (SSSR count). The minimum Gasteiger partial charge on any atom is -0.385 e. The van der Waals surface area contributed by atoms with Crippen LogP contribution in [0.3, 0.4) is 0 Å². The van der Waals surface area contributed by atoms with Gasteiger partial charge in [-0.25, -0.2) is 0 Å². The van der Waals surface area contributed by atoms with E-state index in [2.05, 4.69) is 39.3 Å². The summed E-state index contributed by atoms with van der Waals surface area (Å²) in [6, 6.07) is 0. The zero-order valence-corrected chi connectivity index (χ0v) is 13.2. The maximum absolute atomic E-state index is 10.5. The lowest BCUT2D eigenvalue weighted by Crippen LogP contribution is -2.56. The van der Waals surface area contributed by atoms with Gasteiger partial charge in [0.15, 0.2) is 0 Å². The molecule has 0 aromatic heterocycles. The molecule has 16 heavy (non-hydrogen) atoms. The average Bonchev–Trinajstić information content (AvgIpc) is 2.07. The van der Waals surface area contributed by atoms with Gasteiger partial charge in [0, 0.05) is 0 Å². The van der Waals surface area contributed by atoms with Crippen LogP contribution in [-0.4, -0.2) is 36.8 Å². The summed E-state index contributed by atoms with van der Waals surface area (Å²) in [5, 5.41) is 19.4. The van der Waals surface area contributed by atoms with Crippen molar-refractivity contribution >= 4 is 16.1 Å². The first-order valence-electron chi connectivity index (χ1n) is 5.77. The Morgan fingerprint density at radius 2 is 0.812 bits per heavy atom. The molecule has 0 aromatic carbocycles. The smallest absolute Gasteiger partial charge is 0.0920 e. The van der Waals surface area contributed by atoms with Crippen LogP contribution in [0.25, 0.3) is 0 Å². The lowest BCUT2D eigenvalue weighted by atomic mass is 10.1. The van der Waals surface area contributed by atoms with Crippen molar-refractivity contribution in [1.82, 2.24) is 0 Å². The summed E-state index contributed by atoms with van der Waals surface area (Å²) in [7, 11) is -3.43. The van der Waals surface area contributed by atoms with Gasteiger partial charge >= 0.3 is 0 Å². The van der Waals surface area contributed by atoms with Crippen LogP contribution in [0.5, 0.6) is 0 Å². The maximum atomic E-state index is 10.5. The highest BCUT2D eigenvalue weighted by atomic mass is 28.3. The van der Waals surface area contributed by atoms with E-state index in [1.54, 1.807) is 24.3 Å². The van der Waals surface area contributed by atoms with Crippen LogP contribution >= 0.6 is 0 Å². The lowest BCUT2D eigenvalue weighted by Gasteiger charge is -2.42. The molecule has 0 amide bonds. The normalized spacial score (nSPS) is 35.5. The first-order valence-corrected chi connectivity index (χ1v) is 12.8. The molecule has 0 saturated heterocycles. The Kier molecular flexibility index (Phi) is 3.18.